The van der Waals surface area contributed by atoms with Crippen LogP contribution in [0.3, 0.4) is 0 Å². The first-order valence-electron chi connectivity index (χ1n) is 8.84. The molecule has 2 aliphatic rings. The first kappa shape index (κ1) is 16.1. The van der Waals surface area contributed by atoms with Crippen molar-refractivity contribution in [2.75, 3.05) is 20.1 Å². The monoisotopic (exact) mass is 341 g/mol. The van der Waals surface area contributed by atoms with Crippen LogP contribution in [0.25, 0.3) is 11.0 Å². The second-order valence-corrected chi connectivity index (χ2v) is 7.11. The van der Waals surface area contributed by atoms with Crippen LogP contribution in [0.1, 0.15) is 59.8 Å². The van der Waals surface area contributed by atoms with Gasteiger partial charge in [-0.05, 0) is 25.3 Å². The molecule has 1 N–H and O–H groups in total. The van der Waals surface area contributed by atoms with Gasteiger partial charge in [0, 0.05) is 51.6 Å². The molecule has 0 radical (unpaired) electrons. The normalized spacial score (nSPS) is 20.3. The maximum absolute atomic E-state index is 12.5. The van der Waals surface area contributed by atoms with Gasteiger partial charge in [0.1, 0.15) is 0 Å². The fourth-order valence-electron chi connectivity index (χ4n) is 3.75. The number of rotatable bonds is 3. The molecule has 2 fully saturated rings. The highest BCUT2D eigenvalue weighted by molar-refractivity contribution is 6.06. The molecule has 1 unspecified atom stereocenters. The molecule has 1 atom stereocenters. The van der Waals surface area contributed by atoms with Crippen LogP contribution < -0.4 is 5.32 Å². The highest BCUT2D eigenvalue weighted by Crippen LogP contribution is 2.41. The molecule has 2 aromatic heterocycles. The molecule has 0 bridgehead atoms. The van der Waals surface area contributed by atoms with Crippen molar-refractivity contribution in [2.24, 2.45) is 7.05 Å². The second kappa shape index (κ2) is 5.82. The zero-order valence-electron chi connectivity index (χ0n) is 14.9. The van der Waals surface area contributed by atoms with Crippen molar-refractivity contribution in [3.05, 3.63) is 23.0 Å². The Bertz CT molecular complexity index is 868. The lowest BCUT2D eigenvalue weighted by atomic mass is 9.98. The Morgan fingerprint density at radius 3 is 2.60 bits per heavy atom. The Hall–Kier alpha value is -2.44. The van der Waals surface area contributed by atoms with Crippen LogP contribution in [0.5, 0.6) is 0 Å². The molecule has 2 amide bonds. The van der Waals surface area contributed by atoms with E-state index < -0.39 is 0 Å². The van der Waals surface area contributed by atoms with Crippen LogP contribution >= 0.6 is 0 Å². The van der Waals surface area contributed by atoms with Crippen molar-refractivity contribution in [1.82, 2.24) is 25.0 Å². The minimum Gasteiger partial charge on any atom is -0.355 e. The van der Waals surface area contributed by atoms with E-state index in [2.05, 4.69) is 5.32 Å². The topological polar surface area (TPSA) is 80.1 Å². The third-order valence-electron chi connectivity index (χ3n) is 5.33. The number of fused-ring (bicyclic) bond motifs is 1. The van der Waals surface area contributed by atoms with Gasteiger partial charge in [0.2, 0.25) is 5.91 Å². The Labute approximate surface area is 146 Å². The number of carbonyl (C=O) groups excluding carboxylic acids is 2. The average molecular weight is 341 g/mol. The van der Waals surface area contributed by atoms with Crippen molar-refractivity contribution in [2.45, 2.75) is 38.0 Å². The smallest absolute Gasteiger partial charge is 0.251 e. The predicted molar refractivity (Wildman–Crippen MR) is 93.5 cm³/mol. The van der Waals surface area contributed by atoms with Gasteiger partial charge in [-0.1, -0.05) is 0 Å². The molecule has 0 aromatic carbocycles. The van der Waals surface area contributed by atoms with E-state index in [0.717, 1.165) is 48.2 Å². The summed E-state index contributed by atoms with van der Waals surface area (Å²) in [5, 5.41) is 8.28. The van der Waals surface area contributed by atoms with Gasteiger partial charge in [0.25, 0.3) is 5.91 Å². The van der Waals surface area contributed by atoms with E-state index in [9.17, 15) is 9.59 Å². The van der Waals surface area contributed by atoms with Crippen LogP contribution in [-0.4, -0.2) is 51.6 Å². The summed E-state index contributed by atoms with van der Waals surface area (Å²) in [6.07, 6.45) is 3.13. The van der Waals surface area contributed by atoms with Gasteiger partial charge in [-0.25, -0.2) is 4.98 Å². The molecule has 0 spiro atoms. The molecule has 2 aromatic rings. The molecule has 132 valence electrons. The summed E-state index contributed by atoms with van der Waals surface area (Å²) in [7, 11) is 3.52. The maximum Gasteiger partial charge on any atom is 0.251 e. The lowest BCUT2D eigenvalue weighted by Crippen LogP contribution is -2.25. The standard InChI is InChI=1S/C18H23N5O2/c1-10(24)23-7-6-12(9-23)16-15-13(18(25)19-2)8-14(11-4-5-11)20-17(15)22(3)21-16/h8,11-12H,4-7,9H2,1-3H3,(H,19,25). The Balaban J connectivity index is 1.85. The highest BCUT2D eigenvalue weighted by atomic mass is 16.2. The second-order valence-electron chi connectivity index (χ2n) is 7.11. The van der Waals surface area contributed by atoms with E-state index in [-0.39, 0.29) is 17.7 Å². The first-order chi connectivity index (χ1) is 12.0. The summed E-state index contributed by atoms with van der Waals surface area (Å²) in [6, 6.07) is 1.93. The third kappa shape index (κ3) is 2.67. The molecule has 1 saturated heterocycles. The van der Waals surface area contributed by atoms with Gasteiger partial charge in [0.05, 0.1) is 16.6 Å². The predicted octanol–water partition coefficient (Wildman–Crippen LogP) is 1.54. The number of aryl methyl sites for hydroxylation is 1. The van der Waals surface area contributed by atoms with Crippen LogP contribution in [0.2, 0.25) is 0 Å². The Morgan fingerprint density at radius 2 is 2.00 bits per heavy atom. The summed E-state index contributed by atoms with van der Waals surface area (Å²) in [5.74, 6) is 0.587. The number of pyridine rings is 1. The molecule has 1 aliphatic carbocycles. The number of likely N-dealkylation sites (tertiary alicyclic amines) is 1. The number of hydrogen-bond donors (Lipinski definition) is 1. The fraction of sp³-hybridized carbons (Fsp3) is 0.556. The number of nitrogens with zero attached hydrogens (tertiary/aromatic N) is 4. The molecule has 3 heterocycles. The van der Waals surface area contributed by atoms with E-state index in [1.165, 1.54) is 0 Å². The van der Waals surface area contributed by atoms with Crippen molar-refractivity contribution in [3.63, 3.8) is 0 Å². The van der Waals surface area contributed by atoms with E-state index in [1.54, 1.807) is 18.7 Å². The van der Waals surface area contributed by atoms with Gasteiger partial charge in [-0.2, -0.15) is 5.10 Å². The van der Waals surface area contributed by atoms with Gasteiger partial charge in [0.15, 0.2) is 5.65 Å². The van der Waals surface area contributed by atoms with Crippen molar-refractivity contribution in [3.8, 4) is 0 Å². The van der Waals surface area contributed by atoms with Crippen LogP contribution in [0.4, 0.5) is 0 Å². The van der Waals surface area contributed by atoms with E-state index >= 15 is 0 Å². The minimum absolute atomic E-state index is 0.0865. The number of aromatic nitrogens is 3. The summed E-state index contributed by atoms with van der Waals surface area (Å²) < 4.78 is 1.78. The summed E-state index contributed by atoms with van der Waals surface area (Å²) in [4.78, 5) is 30.8. The molecule has 25 heavy (non-hydrogen) atoms. The minimum atomic E-state index is -0.107. The van der Waals surface area contributed by atoms with Crippen LogP contribution in [0, 0.1) is 0 Å². The van der Waals surface area contributed by atoms with Crippen molar-refractivity contribution < 1.29 is 9.59 Å². The van der Waals surface area contributed by atoms with Gasteiger partial charge in [-0.3, -0.25) is 14.3 Å². The molecule has 7 nitrogen and oxygen atoms in total. The first-order valence-corrected chi connectivity index (χ1v) is 8.84. The summed E-state index contributed by atoms with van der Waals surface area (Å²) in [6.45, 7) is 2.98. The molecule has 7 heteroatoms. The Morgan fingerprint density at radius 1 is 1.24 bits per heavy atom. The van der Waals surface area contributed by atoms with E-state index in [4.69, 9.17) is 10.1 Å². The summed E-state index contributed by atoms with van der Waals surface area (Å²) >= 11 is 0. The largest absolute Gasteiger partial charge is 0.355 e. The van der Waals surface area contributed by atoms with Crippen LogP contribution in [0.15, 0.2) is 6.07 Å². The fourth-order valence-corrected chi connectivity index (χ4v) is 3.75. The zero-order chi connectivity index (χ0) is 17.7. The Kier molecular flexibility index (Phi) is 3.74. The van der Waals surface area contributed by atoms with Gasteiger partial charge < -0.3 is 10.2 Å². The van der Waals surface area contributed by atoms with E-state index in [0.29, 0.717) is 18.0 Å². The van der Waals surface area contributed by atoms with Crippen molar-refractivity contribution in [1.29, 1.82) is 0 Å². The van der Waals surface area contributed by atoms with Crippen LogP contribution in [-0.2, 0) is 11.8 Å². The zero-order valence-corrected chi connectivity index (χ0v) is 14.9. The number of carbonyl (C=O) groups is 2. The quantitative estimate of drug-likeness (QED) is 0.918. The third-order valence-corrected chi connectivity index (χ3v) is 5.33. The maximum atomic E-state index is 12.5. The molecular weight excluding hydrogens is 318 g/mol. The number of amides is 2. The van der Waals surface area contributed by atoms with Gasteiger partial charge in [-0.15, -0.1) is 0 Å². The lowest BCUT2D eigenvalue weighted by molar-refractivity contribution is -0.127. The highest BCUT2D eigenvalue weighted by Gasteiger charge is 2.33. The molecular formula is C18H23N5O2. The molecule has 4 rings (SSSR count). The van der Waals surface area contributed by atoms with E-state index in [1.807, 2.05) is 18.0 Å². The van der Waals surface area contributed by atoms with Gasteiger partial charge >= 0.3 is 0 Å². The molecule has 1 saturated carbocycles. The molecule has 1 aliphatic heterocycles. The summed E-state index contributed by atoms with van der Waals surface area (Å²) in [5.41, 5.74) is 3.28. The number of nitrogens with one attached hydrogen (secondary N) is 1. The lowest BCUT2D eigenvalue weighted by Gasteiger charge is -2.13. The number of hydrogen-bond acceptors (Lipinski definition) is 4. The average Bonchev–Trinajstić information content (AvgIpc) is 3.24. The SMILES string of the molecule is CNC(=O)c1cc(C2CC2)nc2c1c(C1CCN(C(C)=O)C1)nn2C. The van der Waals surface area contributed by atoms with Crippen molar-refractivity contribution >= 4 is 22.8 Å².